The summed E-state index contributed by atoms with van der Waals surface area (Å²) >= 11 is 0. The summed E-state index contributed by atoms with van der Waals surface area (Å²) in [5.74, 6) is -3.13. The van der Waals surface area contributed by atoms with Crippen LogP contribution in [0.3, 0.4) is 0 Å². The van der Waals surface area contributed by atoms with Gasteiger partial charge in [-0.25, -0.2) is 12.8 Å². The first-order chi connectivity index (χ1) is 14.1. The number of sulfone groups is 1. The lowest BCUT2D eigenvalue weighted by molar-refractivity contribution is 0.0664. The zero-order chi connectivity index (χ0) is 22.1. The Morgan fingerprint density at radius 2 is 1.53 bits per heavy atom. The highest BCUT2D eigenvalue weighted by atomic mass is 32.2. The van der Waals surface area contributed by atoms with Crippen LogP contribution in [0.5, 0.6) is 0 Å². The molecule has 30 heavy (non-hydrogen) atoms. The molecule has 0 spiro atoms. The lowest BCUT2D eigenvalue weighted by atomic mass is 10.1. The molecule has 0 bridgehead atoms. The SMILES string of the molecule is CN(C)/C=C(/C(=O)c1ccc(F)cc1)S(=O)(=O)CCN1C(=O)c2ccccc2C1=O. The molecule has 0 aliphatic carbocycles. The number of hydrogen-bond donors (Lipinski definition) is 0. The standard InChI is InChI=1S/C21H19FN2O5S/c1-23(2)13-18(19(25)14-7-9-15(22)10-8-14)30(28,29)12-11-24-20(26)16-5-3-4-6-17(16)21(24)27/h3-10,13H,11-12H2,1-2H3/b18-13-. The van der Waals surface area contributed by atoms with E-state index in [1.54, 1.807) is 26.2 Å². The van der Waals surface area contributed by atoms with Crippen molar-refractivity contribution in [3.05, 3.63) is 82.1 Å². The molecule has 2 amide bonds. The van der Waals surface area contributed by atoms with E-state index in [-0.39, 0.29) is 16.7 Å². The van der Waals surface area contributed by atoms with Gasteiger partial charge in [-0.1, -0.05) is 12.1 Å². The first-order valence-corrected chi connectivity index (χ1v) is 10.6. The summed E-state index contributed by atoms with van der Waals surface area (Å²) in [5.41, 5.74) is 0.437. The second-order valence-corrected chi connectivity index (χ2v) is 9.00. The lowest BCUT2D eigenvalue weighted by Gasteiger charge is -2.16. The van der Waals surface area contributed by atoms with Crippen molar-refractivity contribution in [1.29, 1.82) is 0 Å². The molecular weight excluding hydrogens is 411 g/mol. The Labute approximate surface area is 173 Å². The number of ketones is 1. The van der Waals surface area contributed by atoms with Crippen molar-refractivity contribution >= 4 is 27.4 Å². The molecule has 2 aromatic carbocycles. The molecule has 156 valence electrons. The van der Waals surface area contributed by atoms with Gasteiger partial charge in [-0.2, -0.15) is 0 Å². The predicted octanol–water partition coefficient (Wildman–Crippen LogP) is 2.12. The number of benzene rings is 2. The Morgan fingerprint density at radius 3 is 2.03 bits per heavy atom. The van der Waals surface area contributed by atoms with Gasteiger partial charge in [0.2, 0.25) is 5.78 Å². The minimum Gasteiger partial charge on any atom is -0.382 e. The average molecular weight is 430 g/mol. The van der Waals surface area contributed by atoms with Gasteiger partial charge in [0.15, 0.2) is 9.84 Å². The summed E-state index contributed by atoms with van der Waals surface area (Å²) in [4.78, 5) is 39.4. The molecule has 1 heterocycles. The molecule has 0 N–H and O–H groups in total. The van der Waals surface area contributed by atoms with Gasteiger partial charge in [0.05, 0.1) is 16.9 Å². The van der Waals surface area contributed by atoms with Crippen LogP contribution in [0.2, 0.25) is 0 Å². The summed E-state index contributed by atoms with van der Waals surface area (Å²) in [5, 5.41) is 0. The third kappa shape index (κ3) is 4.16. The van der Waals surface area contributed by atoms with Gasteiger partial charge in [-0.3, -0.25) is 19.3 Å². The Hall–Kier alpha value is -3.33. The number of Topliss-reactive ketones (excluding diaryl/α,β-unsaturated/α-hetero) is 1. The van der Waals surface area contributed by atoms with Gasteiger partial charge in [-0.15, -0.1) is 0 Å². The quantitative estimate of drug-likeness (QED) is 0.380. The fourth-order valence-electron chi connectivity index (χ4n) is 3.02. The maximum atomic E-state index is 13.2. The summed E-state index contributed by atoms with van der Waals surface area (Å²) < 4.78 is 39.1. The summed E-state index contributed by atoms with van der Waals surface area (Å²) in [6, 6.07) is 10.7. The minimum atomic E-state index is -4.17. The van der Waals surface area contributed by atoms with E-state index in [4.69, 9.17) is 0 Å². The summed E-state index contributed by atoms with van der Waals surface area (Å²) in [6.45, 7) is -0.393. The molecule has 0 fully saturated rings. The van der Waals surface area contributed by atoms with Crippen molar-refractivity contribution in [3.63, 3.8) is 0 Å². The van der Waals surface area contributed by atoms with Crippen LogP contribution < -0.4 is 0 Å². The van der Waals surface area contributed by atoms with Crippen LogP contribution in [0.25, 0.3) is 0 Å². The fraction of sp³-hybridized carbons (Fsp3) is 0.190. The normalized spacial score (nSPS) is 14.1. The van der Waals surface area contributed by atoms with Crippen molar-refractivity contribution in [1.82, 2.24) is 9.80 Å². The highest BCUT2D eigenvalue weighted by molar-refractivity contribution is 7.96. The van der Waals surface area contributed by atoms with E-state index in [2.05, 4.69) is 0 Å². The van der Waals surface area contributed by atoms with Crippen molar-refractivity contribution in [2.75, 3.05) is 26.4 Å². The smallest absolute Gasteiger partial charge is 0.261 e. The number of halogens is 1. The molecular formula is C21H19FN2O5S. The second-order valence-electron chi connectivity index (χ2n) is 6.92. The maximum absolute atomic E-state index is 13.2. The van der Waals surface area contributed by atoms with Crippen molar-refractivity contribution in [2.45, 2.75) is 0 Å². The van der Waals surface area contributed by atoms with E-state index in [0.717, 1.165) is 23.2 Å². The Kier molecular flexibility index (Phi) is 5.84. The molecule has 2 aromatic rings. The van der Waals surface area contributed by atoms with Crippen molar-refractivity contribution in [2.24, 2.45) is 0 Å². The van der Waals surface area contributed by atoms with Crippen LogP contribution in [-0.2, 0) is 9.84 Å². The third-order valence-corrected chi connectivity index (χ3v) is 6.18. The van der Waals surface area contributed by atoms with Crippen LogP contribution in [-0.4, -0.2) is 62.2 Å². The fourth-order valence-corrected chi connectivity index (χ4v) is 4.44. The highest BCUT2D eigenvalue weighted by Gasteiger charge is 2.36. The molecule has 1 aliphatic heterocycles. The number of rotatable bonds is 7. The number of hydrogen-bond acceptors (Lipinski definition) is 6. The van der Waals surface area contributed by atoms with Gasteiger partial charge < -0.3 is 4.90 Å². The number of allylic oxidation sites excluding steroid dienone is 1. The lowest BCUT2D eigenvalue weighted by Crippen LogP contribution is -2.35. The molecule has 9 heteroatoms. The largest absolute Gasteiger partial charge is 0.382 e. The average Bonchev–Trinajstić information content (AvgIpc) is 2.95. The summed E-state index contributed by atoms with van der Waals surface area (Å²) in [6.07, 6.45) is 1.16. The number of imide groups is 1. The number of carbonyl (C=O) groups excluding carboxylic acids is 3. The van der Waals surface area contributed by atoms with Gasteiger partial charge in [-0.05, 0) is 36.4 Å². The van der Waals surface area contributed by atoms with E-state index in [0.29, 0.717) is 0 Å². The van der Waals surface area contributed by atoms with Crippen LogP contribution >= 0.6 is 0 Å². The topological polar surface area (TPSA) is 91.8 Å². The molecule has 0 radical (unpaired) electrons. The molecule has 0 unspecified atom stereocenters. The van der Waals surface area contributed by atoms with Gasteiger partial charge in [0.1, 0.15) is 10.7 Å². The van der Waals surface area contributed by atoms with Crippen LogP contribution in [0, 0.1) is 5.82 Å². The van der Waals surface area contributed by atoms with Crippen LogP contribution in [0.1, 0.15) is 31.1 Å². The summed E-state index contributed by atoms with van der Waals surface area (Å²) in [7, 11) is -1.06. The Morgan fingerprint density at radius 1 is 1.00 bits per heavy atom. The number of fused-ring (bicyclic) bond motifs is 1. The third-order valence-electron chi connectivity index (χ3n) is 4.50. The van der Waals surface area contributed by atoms with Crippen LogP contribution in [0.4, 0.5) is 4.39 Å². The number of amides is 2. The number of carbonyl (C=O) groups is 3. The zero-order valence-corrected chi connectivity index (χ0v) is 17.1. The van der Waals surface area contributed by atoms with E-state index in [1.807, 2.05) is 0 Å². The second kappa shape index (κ2) is 8.19. The van der Waals surface area contributed by atoms with Crippen molar-refractivity contribution in [3.8, 4) is 0 Å². The first-order valence-electron chi connectivity index (χ1n) is 8.98. The first kappa shape index (κ1) is 21.4. The maximum Gasteiger partial charge on any atom is 0.261 e. The monoisotopic (exact) mass is 430 g/mol. The molecule has 0 aromatic heterocycles. The predicted molar refractivity (Wildman–Crippen MR) is 108 cm³/mol. The molecule has 0 atom stereocenters. The Balaban J connectivity index is 1.85. The van der Waals surface area contributed by atoms with Gasteiger partial charge in [0.25, 0.3) is 11.8 Å². The molecule has 0 saturated carbocycles. The highest BCUT2D eigenvalue weighted by Crippen LogP contribution is 2.23. The van der Waals surface area contributed by atoms with E-state index in [1.165, 1.54) is 29.2 Å². The zero-order valence-electron chi connectivity index (χ0n) is 16.3. The van der Waals surface area contributed by atoms with E-state index >= 15 is 0 Å². The molecule has 7 nitrogen and oxygen atoms in total. The molecule has 0 saturated heterocycles. The van der Waals surface area contributed by atoms with E-state index < -0.39 is 50.5 Å². The van der Waals surface area contributed by atoms with Gasteiger partial charge >= 0.3 is 0 Å². The van der Waals surface area contributed by atoms with Gasteiger partial charge in [0, 0.05) is 32.4 Å². The number of nitrogens with zero attached hydrogens (tertiary/aromatic N) is 2. The van der Waals surface area contributed by atoms with Crippen LogP contribution in [0.15, 0.2) is 59.6 Å². The molecule has 3 rings (SSSR count). The Bertz CT molecular complexity index is 1120. The minimum absolute atomic E-state index is 0.00815. The molecule has 1 aliphatic rings. The van der Waals surface area contributed by atoms with E-state index in [9.17, 15) is 27.2 Å². The van der Waals surface area contributed by atoms with Crippen molar-refractivity contribution < 1.29 is 27.2 Å².